The zero-order valence-corrected chi connectivity index (χ0v) is 53.0. The van der Waals surface area contributed by atoms with Crippen molar-refractivity contribution < 1.29 is 28.6 Å². The van der Waals surface area contributed by atoms with Crippen LogP contribution in [0.4, 0.5) is 0 Å². The number of hydrogen-bond acceptors (Lipinski definition) is 6. The second-order valence-electron chi connectivity index (χ2n) is 22.3. The maximum absolute atomic E-state index is 12.9. The van der Waals surface area contributed by atoms with Crippen LogP contribution in [0, 0.1) is 0 Å². The van der Waals surface area contributed by atoms with E-state index < -0.39 is 6.10 Å². The third kappa shape index (κ3) is 66.5. The molecule has 0 fully saturated rings. The lowest BCUT2D eigenvalue weighted by atomic mass is 10.0. The van der Waals surface area contributed by atoms with Crippen LogP contribution >= 0.6 is 0 Å². The van der Waals surface area contributed by atoms with Crippen molar-refractivity contribution in [2.75, 3.05) is 13.2 Å². The van der Waals surface area contributed by atoms with Crippen LogP contribution in [0.5, 0.6) is 0 Å². The van der Waals surface area contributed by atoms with E-state index in [1.54, 1.807) is 0 Å². The molecule has 81 heavy (non-hydrogen) atoms. The molecule has 1 unspecified atom stereocenters. The largest absolute Gasteiger partial charge is 0.462 e. The molecule has 1 atom stereocenters. The van der Waals surface area contributed by atoms with E-state index >= 15 is 0 Å². The van der Waals surface area contributed by atoms with Crippen LogP contribution in [0.3, 0.4) is 0 Å². The van der Waals surface area contributed by atoms with E-state index in [9.17, 15) is 14.4 Å². The molecule has 0 aliphatic carbocycles. The zero-order valence-electron chi connectivity index (χ0n) is 53.0. The molecule has 0 aromatic carbocycles. The van der Waals surface area contributed by atoms with Crippen molar-refractivity contribution in [1.29, 1.82) is 0 Å². The summed E-state index contributed by atoms with van der Waals surface area (Å²) in [5.74, 6) is -0.959. The highest BCUT2D eigenvalue weighted by Gasteiger charge is 2.19. The minimum Gasteiger partial charge on any atom is -0.462 e. The SMILES string of the molecule is CC/C=C\C/C=C\C/C=C\C/C=C\C/C=C\CCCC(=O)OCC(COC(=O)CCCCCCCCCCCCCC/C=C\C/C=C\C/C=C\CCCCCCC)OC(=O)CCCCCCCCCCC/C=C\C/C=C\CCCCC. The third-order valence-electron chi connectivity index (χ3n) is 14.4. The number of unbranched alkanes of at least 4 members (excludes halogenated alkanes) is 30. The number of carbonyl (C=O) groups is 3. The summed E-state index contributed by atoms with van der Waals surface area (Å²) in [6.45, 7) is 6.46. The number of ether oxygens (including phenoxy) is 3. The van der Waals surface area contributed by atoms with Gasteiger partial charge in [-0.3, -0.25) is 14.4 Å². The Morgan fingerprint density at radius 1 is 0.259 bits per heavy atom. The topological polar surface area (TPSA) is 78.9 Å². The fourth-order valence-corrected chi connectivity index (χ4v) is 9.34. The number of carbonyl (C=O) groups excluding carboxylic acids is 3. The van der Waals surface area contributed by atoms with E-state index in [2.05, 4.69) is 142 Å². The summed E-state index contributed by atoms with van der Waals surface area (Å²) < 4.78 is 16.9. The van der Waals surface area contributed by atoms with Gasteiger partial charge in [-0.05, 0) is 128 Å². The monoisotopic (exact) mass is 1120 g/mol. The molecule has 0 saturated heterocycles. The summed E-state index contributed by atoms with van der Waals surface area (Å²) in [4.78, 5) is 38.4. The van der Waals surface area contributed by atoms with Gasteiger partial charge in [0.25, 0.3) is 0 Å². The molecule has 6 heteroatoms. The predicted octanol–water partition coefficient (Wildman–Crippen LogP) is 23.6. The Bertz CT molecular complexity index is 1670. The Morgan fingerprint density at radius 3 is 0.827 bits per heavy atom. The van der Waals surface area contributed by atoms with Gasteiger partial charge in [0.2, 0.25) is 0 Å². The van der Waals surface area contributed by atoms with Crippen molar-refractivity contribution in [2.24, 2.45) is 0 Å². The fraction of sp³-hybridized carbons (Fsp3) is 0.693. The first kappa shape index (κ1) is 76.8. The summed E-state index contributed by atoms with van der Waals surface area (Å²) in [5.41, 5.74) is 0. The molecule has 0 aliphatic rings. The van der Waals surface area contributed by atoms with Gasteiger partial charge < -0.3 is 14.2 Å². The Labute approximate surface area is 501 Å². The van der Waals surface area contributed by atoms with Crippen LogP contribution in [0.1, 0.15) is 316 Å². The molecule has 0 heterocycles. The molecule has 0 bridgehead atoms. The lowest BCUT2D eigenvalue weighted by molar-refractivity contribution is -0.167. The van der Waals surface area contributed by atoms with Crippen LogP contribution in [-0.4, -0.2) is 37.2 Å². The molecule has 462 valence electrons. The van der Waals surface area contributed by atoms with Crippen molar-refractivity contribution in [3.05, 3.63) is 122 Å². The maximum Gasteiger partial charge on any atom is 0.306 e. The molecule has 0 aliphatic heterocycles. The Balaban J connectivity index is 4.40. The second kappa shape index (κ2) is 68.3. The van der Waals surface area contributed by atoms with Gasteiger partial charge in [0, 0.05) is 19.3 Å². The van der Waals surface area contributed by atoms with Crippen molar-refractivity contribution in [3.63, 3.8) is 0 Å². The van der Waals surface area contributed by atoms with Crippen LogP contribution in [0.25, 0.3) is 0 Å². The molecule has 6 nitrogen and oxygen atoms in total. The average Bonchev–Trinajstić information content (AvgIpc) is 3.47. The number of rotatable bonds is 61. The first-order valence-corrected chi connectivity index (χ1v) is 34.0. The summed E-state index contributed by atoms with van der Waals surface area (Å²) in [7, 11) is 0. The smallest absolute Gasteiger partial charge is 0.306 e. The molecule has 0 amide bonds. The Morgan fingerprint density at radius 2 is 0.494 bits per heavy atom. The predicted molar refractivity (Wildman–Crippen MR) is 353 cm³/mol. The standard InChI is InChI=1S/C75H126O6/c1-4-7-10-13-16-19-22-25-28-31-33-34-35-36-37-38-39-40-42-44-47-50-53-56-59-62-65-68-74(77)80-71-72(70-79-73(76)67-64-61-58-55-52-49-46-43-30-27-24-21-18-15-12-9-6-3)81-75(78)69-66-63-60-57-54-51-48-45-41-32-29-26-23-20-17-14-11-8-5-2/h9,12,17-18,20-22,25-27,29-31,33,35-36,46,49,55,58,72H,4-8,10-11,13-16,19,23-24,28,32,34,37-45,47-48,50-54,56-57,59-71H2,1-3H3/b12-9-,20-17-,21-18-,25-22-,29-26-,30-27-,33-31-,36-35-,49-46-,58-55-. The molecule has 0 aromatic heterocycles. The first-order valence-electron chi connectivity index (χ1n) is 34.0. The molecule has 0 aromatic rings. The summed E-state index contributed by atoms with van der Waals surface area (Å²) in [5, 5.41) is 0. The summed E-state index contributed by atoms with van der Waals surface area (Å²) >= 11 is 0. The second-order valence-corrected chi connectivity index (χ2v) is 22.3. The van der Waals surface area contributed by atoms with E-state index in [-0.39, 0.29) is 37.5 Å². The molecule has 0 rings (SSSR count). The van der Waals surface area contributed by atoms with Gasteiger partial charge in [0.05, 0.1) is 0 Å². The highest BCUT2D eigenvalue weighted by atomic mass is 16.6. The van der Waals surface area contributed by atoms with E-state index in [0.717, 1.165) is 96.3 Å². The maximum atomic E-state index is 12.9. The highest BCUT2D eigenvalue weighted by molar-refractivity contribution is 5.71. The van der Waals surface area contributed by atoms with E-state index in [1.165, 1.54) is 173 Å². The molecular formula is C75H126O6. The van der Waals surface area contributed by atoms with Crippen LogP contribution in [0.2, 0.25) is 0 Å². The molecule has 0 N–H and O–H groups in total. The Hall–Kier alpha value is -4.19. The number of allylic oxidation sites excluding steroid dienone is 20. The van der Waals surface area contributed by atoms with Gasteiger partial charge in [-0.15, -0.1) is 0 Å². The van der Waals surface area contributed by atoms with E-state index in [0.29, 0.717) is 19.3 Å². The minimum atomic E-state index is -0.809. The van der Waals surface area contributed by atoms with Crippen LogP contribution in [-0.2, 0) is 28.6 Å². The third-order valence-corrected chi connectivity index (χ3v) is 14.4. The summed E-state index contributed by atoms with van der Waals surface area (Å²) in [6, 6.07) is 0. The van der Waals surface area contributed by atoms with Gasteiger partial charge >= 0.3 is 17.9 Å². The quantitative estimate of drug-likeness (QED) is 0.0261. The highest BCUT2D eigenvalue weighted by Crippen LogP contribution is 2.16. The number of esters is 3. The zero-order chi connectivity index (χ0) is 58.5. The van der Waals surface area contributed by atoms with Crippen molar-refractivity contribution in [2.45, 2.75) is 322 Å². The molecular weight excluding hydrogens is 997 g/mol. The van der Waals surface area contributed by atoms with E-state index in [1.807, 2.05) is 0 Å². The van der Waals surface area contributed by atoms with Gasteiger partial charge in [-0.2, -0.15) is 0 Å². The average molecular weight is 1120 g/mol. The van der Waals surface area contributed by atoms with Crippen LogP contribution in [0.15, 0.2) is 122 Å². The van der Waals surface area contributed by atoms with Crippen LogP contribution < -0.4 is 0 Å². The lowest BCUT2D eigenvalue weighted by Crippen LogP contribution is -2.30. The molecule has 0 saturated carbocycles. The van der Waals surface area contributed by atoms with Crippen molar-refractivity contribution in [1.82, 2.24) is 0 Å². The first-order chi connectivity index (χ1) is 40.0. The van der Waals surface area contributed by atoms with Gasteiger partial charge in [-0.1, -0.05) is 290 Å². The summed E-state index contributed by atoms with van der Waals surface area (Å²) in [6.07, 6.45) is 95.0. The van der Waals surface area contributed by atoms with E-state index in [4.69, 9.17) is 14.2 Å². The van der Waals surface area contributed by atoms with Gasteiger partial charge in [0.1, 0.15) is 13.2 Å². The fourth-order valence-electron chi connectivity index (χ4n) is 9.34. The number of hydrogen-bond donors (Lipinski definition) is 0. The normalized spacial score (nSPS) is 12.9. The molecule has 0 radical (unpaired) electrons. The van der Waals surface area contributed by atoms with Gasteiger partial charge in [-0.25, -0.2) is 0 Å². The van der Waals surface area contributed by atoms with Crippen molar-refractivity contribution >= 4 is 17.9 Å². The van der Waals surface area contributed by atoms with Gasteiger partial charge in [0.15, 0.2) is 6.10 Å². The molecule has 0 spiro atoms. The minimum absolute atomic E-state index is 0.0998. The lowest BCUT2D eigenvalue weighted by Gasteiger charge is -2.18. The van der Waals surface area contributed by atoms with Crippen molar-refractivity contribution in [3.8, 4) is 0 Å². The Kier molecular flexibility index (Phi) is 64.8.